The van der Waals surface area contributed by atoms with E-state index >= 15 is 0 Å². The highest BCUT2D eigenvalue weighted by molar-refractivity contribution is 7.21. The number of rotatable bonds is 6. The summed E-state index contributed by atoms with van der Waals surface area (Å²) in [4.78, 5) is 19.4. The smallest absolute Gasteiger partial charge is 0.205 e. The maximum absolute atomic E-state index is 13.5. The molecule has 0 aliphatic carbocycles. The summed E-state index contributed by atoms with van der Waals surface area (Å²) in [6, 6.07) is 22.1. The van der Waals surface area contributed by atoms with Gasteiger partial charge in [-0.25, -0.2) is 4.98 Å². The van der Waals surface area contributed by atoms with Gasteiger partial charge in [0.05, 0.1) is 35.6 Å². The van der Waals surface area contributed by atoms with Crippen LogP contribution in [0, 0.1) is 0 Å². The normalized spacial score (nSPS) is 11.0. The zero-order chi connectivity index (χ0) is 25.4. The minimum absolute atomic E-state index is 0.251. The van der Waals surface area contributed by atoms with E-state index in [9.17, 15) is 4.79 Å². The Kier molecular flexibility index (Phi) is 6.58. The molecule has 0 spiro atoms. The van der Waals surface area contributed by atoms with Crippen LogP contribution < -0.4 is 15.2 Å². The molecule has 3 aromatic carbocycles. The number of nitrogens with zero attached hydrogens (tertiary/aromatic N) is 1. The number of nitrogen functional groups attached to an aromatic ring is 1. The fraction of sp³-hybridized carbons (Fsp3) is 0.0714. The van der Waals surface area contributed by atoms with E-state index in [2.05, 4.69) is 0 Å². The summed E-state index contributed by atoms with van der Waals surface area (Å²) in [5, 5.41) is 1.35. The number of anilines is 1. The molecule has 2 aromatic heterocycles. The molecule has 5 rings (SSSR count). The lowest BCUT2D eigenvalue weighted by Gasteiger charge is -2.14. The molecule has 0 fully saturated rings. The summed E-state index contributed by atoms with van der Waals surface area (Å²) in [6.45, 7) is 0. The van der Waals surface area contributed by atoms with E-state index in [1.807, 2.05) is 54.6 Å². The number of hydrogen-bond donors (Lipinski definition) is 1. The van der Waals surface area contributed by atoms with Crippen molar-refractivity contribution in [3.8, 4) is 33.9 Å². The molecule has 0 aliphatic rings. The lowest BCUT2D eigenvalue weighted by Crippen LogP contribution is -2.02. The molecule has 2 N–H and O–H groups in total. The van der Waals surface area contributed by atoms with Crippen molar-refractivity contribution in [2.45, 2.75) is 0 Å². The molecule has 0 amide bonds. The van der Waals surface area contributed by atoms with Crippen molar-refractivity contribution in [1.29, 1.82) is 0 Å². The first kappa shape index (κ1) is 24.1. The maximum atomic E-state index is 13.5. The quantitative estimate of drug-likeness (QED) is 0.225. The molecule has 0 atom stereocenters. The number of halogens is 2. The molecular weight excluding hydrogens is 515 g/mol. The SMILES string of the molecule is COc1ccc(OC)c(-c2cc(-c3ccccc3)nc3sc(C(=O)c4ccc(Cl)c(Cl)c4)c(N)c23)c1. The van der Waals surface area contributed by atoms with Gasteiger partial charge in [0.25, 0.3) is 0 Å². The van der Waals surface area contributed by atoms with Gasteiger partial charge >= 0.3 is 0 Å². The van der Waals surface area contributed by atoms with Gasteiger partial charge in [-0.1, -0.05) is 53.5 Å². The third kappa shape index (κ3) is 4.28. The Balaban J connectivity index is 1.79. The molecule has 0 saturated carbocycles. The van der Waals surface area contributed by atoms with Gasteiger partial charge in [0.15, 0.2) is 0 Å². The van der Waals surface area contributed by atoms with Crippen molar-refractivity contribution in [3.63, 3.8) is 0 Å². The van der Waals surface area contributed by atoms with Crippen molar-refractivity contribution in [1.82, 2.24) is 4.98 Å². The molecule has 0 saturated heterocycles. The zero-order valence-corrected chi connectivity index (χ0v) is 21.7. The molecule has 2 heterocycles. The predicted octanol–water partition coefficient (Wildman–Crippen LogP) is 7.77. The minimum Gasteiger partial charge on any atom is -0.497 e. The number of aromatic nitrogens is 1. The van der Waals surface area contributed by atoms with E-state index in [0.29, 0.717) is 47.9 Å². The van der Waals surface area contributed by atoms with Crippen LogP contribution in [0.25, 0.3) is 32.6 Å². The summed E-state index contributed by atoms with van der Waals surface area (Å²) >= 11 is 13.5. The summed E-state index contributed by atoms with van der Waals surface area (Å²) in [5.74, 6) is 1.06. The van der Waals surface area contributed by atoms with Crippen LogP contribution in [0.15, 0.2) is 72.8 Å². The molecule has 5 aromatic rings. The zero-order valence-electron chi connectivity index (χ0n) is 19.3. The van der Waals surface area contributed by atoms with Gasteiger partial charge in [0.1, 0.15) is 21.2 Å². The minimum atomic E-state index is -0.251. The van der Waals surface area contributed by atoms with Crippen LogP contribution in [0.4, 0.5) is 5.69 Å². The van der Waals surface area contributed by atoms with Crippen LogP contribution in [0.5, 0.6) is 11.5 Å². The van der Waals surface area contributed by atoms with Crippen LogP contribution in [-0.2, 0) is 0 Å². The number of nitrogens with two attached hydrogens (primary N) is 1. The molecule has 0 radical (unpaired) electrons. The largest absolute Gasteiger partial charge is 0.497 e. The van der Waals surface area contributed by atoms with Gasteiger partial charge in [-0.2, -0.15) is 0 Å². The van der Waals surface area contributed by atoms with Crippen molar-refractivity contribution in [3.05, 3.63) is 93.3 Å². The van der Waals surface area contributed by atoms with Crippen molar-refractivity contribution < 1.29 is 14.3 Å². The van der Waals surface area contributed by atoms with Gasteiger partial charge in [-0.15, -0.1) is 11.3 Å². The summed E-state index contributed by atoms with van der Waals surface area (Å²) < 4.78 is 11.2. The van der Waals surface area contributed by atoms with E-state index in [1.54, 1.807) is 32.4 Å². The monoisotopic (exact) mass is 534 g/mol. The Labute approximate surface area is 222 Å². The van der Waals surface area contributed by atoms with Crippen LogP contribution >= 0.6 is 34.5 Å². The van der Waals surface area contributed by atoms with Crippen LogP contribution in [-0.4, -0.2) is 25.0 Å². The highest BCUT2D eigenvalue weighted by Crippen LogP contribution is 2.45. The molecule has 0 bridgehead atoms. The molecule has 0 aliphatic heterocycles. The second kappa shape index (κ2) is 9.82. The highest BCUT2D eigenvalue weighted by atomic mass is 35.5. The van der Waals surface area contributed by atoms with Crippen molar-refractivity contribution >= 4 is 56.2 Å². The van der Waals surface area contributed by atoms with Crippen LogP contribution in [0.1, 0.15) is 15.2 Å². The second-order valence-electron chi connectivity index (χ2n) is 7.97. The van der Waals surface area contributed by atoms with E-state index in [4.69, 9.17) is 43.4 Å². The fourth-order valence-electron chi connectivity index (χ4n) is 4.05. The summed E-state index contributed by atoms with van der Waals surface area (Å²) in [5.41, 5.74) is 10.6. The third-order valence-corrected chi connectivity index (χ3v) is 7.69. The Hall–Kier alpha value is -3.58. The molecule has 36 heavy (non-hydrogen) atoms. The van der Waals surface area contributed by atoms with Crippen LogP contribution in [0.3, 0.4) is 0 Å². The number of carbonyl (C=O) groups is 1. The lowest BCUT2D eigenvalue weighted by molar-refractivity contribution is 0.104. The molecule has 180 valence electrons. The van der Waals surface area contributed by atoms with E-state index in [-0.39, 0.29) is 5.78 Å². The first-order valence-corrected chi connectivity index (χ1v) is 12.5. The van der Waals surface area contributed by atoms with Gasteiger partial charge in [0.2, 0.25) is 5.78 Å². The Bertz CT molecular complexity index is 1620. The number of methoxy groups -OCH3 is 2. The van der Waals surface area contributed by atoms with E-state index in [1.165, 1.54) is 11.3 Å². The van der Waals surface area contributed by atoms with Gasteiger partial charge in [-0.3, -0.25) is 4.79 Å². The number of fused-ring (bicyclic) bond motifs is 1. The number of pyridine rings is 1. The summed E-state index contributed by atoms with van der Waals surface area (Å²) in [6.07, 6.45) is 0. The molecule has 0 unspecified atom stereocenters. The first-order chi connectivity index (χ1) is 17.4. The average Bonchev–Trinajstić information content (AvgIpc) is 3.25. The predicted molar refractivity (Wildman–Crippen MR) is 148 cm³/mol. The number of ether oxygens (including phenoxy) is 2. The van der Waals surface area contributed by atoms with E-state index < -0.39 is 0 Å². The summed E-state index contributed by atoms with van der Waals surface area (Å²) in [7, 11) is 3.22. The topological polar surface area (TPSA) is 74.4 Å². The number of benzene rings is 3. The maximum Gasteiger partial charge on any atom is 0.205 e. The average molecular weight is 535 g/mol. The first-order valence-electron chi connectivity index (χ1n) is 10.9. The highest BCUT2D eigenvalue weighted by Gasteiger charge is 2.24. The molecule has 5 nitrogen and oxygen atoms in total. The van der Waals surface area contributed by atoms with Gasteiger partial charge in [-0.05, 0) is 42.5 Å². The second-order valence-corrected chi connectivity index (χ2v) is 9.78. The van der Waals surface area contributed by atoms with E-state index in [0.717, 1.165) is 22.4 Å². The third-order valence-electron chi connectivity index (χ3n) is 5.85. The Morgan fingerprint density at radius 3 is 2.36 bits per heavy atom. The molecule has 8 heteroatoms. The number of carbonyl (C=O) groups excluding carboxylic acids is 1. The fourth-order valence-corrected chi connectivity index (χ4v) is 5.43. The van der Waals surface area contributed by atoms with Gasteiger partial charge in [0, 0.05) is 27.6 Å². The lowest BCUT2D eigenvalue weighted by atomic mass is 9.97. The Morgan fingerprint density at radius 1 is 0.889 bits per heavy atom. The standard InChI is InChI=1S/C28H20Cl2N2O3S/c1-34-17-9-11-23(35-2)18(13-17)19-14-22(15-6-4-3-5-7-15)32-28-24(19)25(31)27(36-28)26(33)16-8-10-20(29)21(30)12-16/h3-14H,31H2,1-2H3. The number of thiophene rings is 1. The van der Waals surface area contributed by atoms with Gasteiger partial charge < -0.3 is 15.2 Å². The Morgan fingerprint density at radius 2 is 1.67 bits per heavy atom. The van der Waals surface area contributed by atoms with Crippen molar-refractivity contribution in [2.75, 3.05) is 20.0 Å². The number of ketones is 1. The number of hydrogen-bond acceptors (Lipinski definition) is 6. The molecular formula is C28H20Cl2N2O3S. The van der Waals surface area contributed by atoms with Crippen molar-refractivity contribution in [2.24, 2.45) is 0 Å². The van der Waals surface area contributed by atoms with Crippen LogP contribution in [0.2, 0.25) is 10.0 Å².